The fraction of sp³-hybridized carbons (Fsp3) is 0.182. The molecule has 0 bridgehead atoms. The van der Waals surface area contributed by atoms with E-state index in [1.807, 2.05) is 0 Å². The van der Waals surface area contributed by atoms with E-state index >= 15 is 0 Å². The molecule has 0 unspecified atom stereocenters. The number of nitrogens with zero attached hydrogens (tertiary/aromatic N) is 1. The smallest absolute Gasteiger partial charge is 0.432 e. The Morgan fingerprint density at radius 2 is 1.59 bits per heavy atom. The lowest BCUT2D eigenvalue weighted by Crippen LogP contribution is -2.30. The third-order valence-electron chi connectivity index (χ3n) is 4.77. The van der Waals surface area contributed by atoms with Crippen LogP contribution in [-0.4, -0.2) is 17.6 Å². The molecule has 0 saturated heterocycles. The summed E-state index contributed by atoms with van der Waals surface area (Å²) < 4.78 is 48.6. The van der Waals surface area contributed by atoms with E-state index in [0.29, 0.717) is 0 Å². The van der Waals surface area contributed by atoms with Gasteiger partial charge >= 0.3 is 12.1 Å². The summed E-state index contributed by atoms with van der Waals surface area (Å²) in [6.45, 7) is 1.25. The lowest BCUT2D eigenvalue weighted by Gasteiger charge is -2.25. The second-order valence-electron chi connectivity index (χ2n) is 6.65. The minimum absolute atomic E-state index is 0.0419. The molecule has 32 heavy (non-hydrogen) atoms. The van der Waals surface area contributed by atoms with Crippen molar-refractivity contribution < 1.29 is 22.7 Å². The molecule has 10 heteroatoms. The van der Waals surface area contributed by atoms with Crippen LogP contribution in [0.15, 0.2) is 47.3 Å². The average molecular weight is 505 g/mol. The molecule has 3 rings (SSSR count). The molecule has 2 aromatic carbocycles. The minimum Gasteiger partial charge on any atom is -0.465 e. The van der Waals surface area contributed by atoms with E-state index in [1.165, 1.54) is 49.4 Å². The highest BCUT2D eigenvalue weighted by molar-refractivity contribution is 6.42. The summed E-state index contributed by atoms with van der Waals surface area (Å²) in [6.07, 6.45) is -4.93. The van der Waals surface area contributed by atoms with Gasteiger partial charge in [-0.25, -0.2) is 4.79 Å². The van der Waals surface area contributed by atoms with Crippen LogP contribution in [0.1, 0.15) is 23.0 Å². The van der Waals surface area contributed by atoms with E-state index in [4.69, 9.17) is 39.5 Å². The van der Waals surface area contributed by atoms with Gasteiger partial charge in [-0.2, -0.15) is 13.2 Å². The normalized spacial score (nSPS) is 11.5. The average Bonchev–Trinajstić information content (AvgIpc) is 2.74. The first-order valence-corrected chi connectivity index (χ1v) is 10.3. The molecule has 1 heterocycles. The van der Waals surface area contributed by atoms with Gasteiger partial charge in [-0.3, -0.25) is 4.79 Å². The Labute approximate surface area is 196 Å². The van der Waals surface area contributed by atoms with Gasteiger partial charge in [0.2, 0.25) is 5.43 Å². The number of ether oxygens (including phenoxy) is 1. The van der Waals surface area contributed by atoms with Crippen LogP contribution in [0.2, 0.25) is 15.1 Å². The number of halogens is 6. The predicted molar refractivity (Wildman–Crippen MR) is 119 cm³/mol. The molecule has 0 aliphatic carbocycles. The predicted octanol–water partition coefficient (Wildman–Crippen LogP) is 6.97. The number of aromatic nitrogens is 1. The Morgan fingerprint density at radius 1 is 1.00 bits per heavy atom. The number of pyridine rings is 1. The first-order valence-electron chi connectivity index (χ1n) is 9.18. The summed E-state index contributed by atoms with van der Waals surface area (Å²) in [4.78, 5) is 26.1. The molecule has 4 nitrogen and oxygen atoms in total. The summed E-state index contributed by atoms with van der Waals surface area (Å²) in [5, 5.41) is 0.485. The van der Waals surface area contributed by atoms with Crippen LogP contribution in [0, 0.1) is 0 Å². The highest BCUT2D eigenvalue weighted by Crippen LogP contribution is 2.40. The Balaban J connectivity index is 2.59. The van der Waals surface area contributed by atoms with E-state index in [-0.39, 0.29) is 38.4 Å². The van der Waals surface area contributed by atoms with Crippen molar-refractivity contribution in [2.75, 3.05) is 7.11 Å². The Kier molecular flexibility index (Phi) is 6.93. The molecule has 1 aromatic heterocycles. The molecule has 0 aliphatic rings. The lowest BCUT2D eigenvalue weighted by atomic mass is 9.95. The number of esters is 1. The van der Waals surface area contributed by atoms with Gasteiger partial charge < -0.3 is 9.30 Å². The van der Waals surface area contributed by atoms with Gasteiger partial charge in [0.15, 0.2) is 0 Å². The summed E-state index contributed by atoms with van der Waals surface area (Å²) in [6, 6.07) is 9.32. The second kappa shape index (κ2) is 9.17. The van der Waals surface area contributed by atoms with Crippen molar-refractivity contribution in [3.63, 3.8) is 0 Å². The number of carbonyl (C=O) groups excluding carboxylic acids is 1. The standard InChI is InChI=1S/C22H15Cl3F3NO3/c1-3-29-18(12-6-9-14(24)15(25)10-12)17(21(31)32-2)19(30)16(20(29)22(26,27)28)11-4-7-13(23)8-5-11/h4-10H,3H2,1-2H3. The van der Waals surface area contributed by atoms with Gasteiger partial charge in [-0.15, -0.1) is 0 Å². The number of methoxy groups -OCH3 is 1. The molecular formula is C22H15Cl3F3NO3. The highest BCUT2D eigenvalue weighted by atomic mass is 35.5. The van der Waals surface area contributed by atoms with Crippen LogP contribution in [-0.2, 0) is 17.5 Å². The fourth-order valence-corrected chi connectivity index (χ4v) is 3.88. The third-order valence-corrected chi connectivity index (χ3v) is 5.76. The van der Waals surface area contributed by atoms with Crippen molar-refractivity contribution >= 4 is 40.8 Å². The minimum atomic E-state index is -4.93. The number of alkyl halides is 3. The number of benzene rings is 2. The van der Waals surface area contributed by atoms with Crippen LogP contribution in [0.3, 0.4) is 0 Å². The van der Waals surface area contributed by atoms with E-state index < -0.39 is 34.4 Å². The maximum Gasteiger partial charge on any atom is 0.432 e. The molecule has 0 saturated carbocycles. The van der Waals surface area contributed by atoms with Gasteiger partial charge in [0.1, 0.15) is 11.3 Å². The molecular weight excluding hydrogens is 490 g/mol. The van der Waals surface area contributed by atoms with Crippen LogP contribution in [0.4, 0.5) is 13.2 Å². The van der Waals surface area contributed by atoms with Crippen LogP contribution >= 0.6 is 34.8 Å². The molecule has 0 atom stereocenters. The molecule has 0 fully saturated rings. The first-order chi connectivity index (χ1) is 15.0. The highest BCUT2D eigenvalue weighted by Gasteiger charge is 2.41. The van der Waals surface area contributed by atoms with E-state index in [9.17, 15) is 22.8 Å². The van der Waals surface area contributed by atoms with Crippen LogP contribution in [0.5, 0.6) is 0 Å². The molecule has 3 aromatic rings. The largest absolute Gasteiger partial charge is 0.465 e. The van der Waals surface area contributed by atoms with Gasteiger partial charge in [0.05, 0.1) is 28.4 Å². The van der Waals surface area contributed by atoms with Crippen molar-refractivity contribution in [3.8, 4) is 22.4 Å². The van der Waals surface area contributed by atoms with Crippen molar-refractivity contribution in [3.05, 3.63) is 79.0 Å². The second-order valence-corrected chi connectivity index (χ2v) is 7.90. The monoisotopic (exact) mass is 503 g/mol. The van der Waals surface area contributed by atoms with Crippen LogP contribution in [0.25, 0.3) is 22.4 Å². The van der Waals surface area contributed by atoms with Crippen molar-refractivity contribution in [2.45, 2.75) is 19.6 Å². The Hall–Kier alpha value is -2.48. The lowest BCUT2D eigenvalue weighted by molar-refractivity contribution is -0.143. The molecule has 0 aliphatic heterocycles. The van der Waals surface area contributed by atoms with Crippen molar-refractivity contribution in [1.29, 1.82) is 0 Å². The molecule has 0 amide bonds. The molecule has 0 radical (unpaired) electrons. The summed E-state index contributed by atoms with van der Waals surface area (Å²) in [7, 11) is 1.04. The third kappa shape index (κ3) is 4.37. The van der Waals surface area contributed by atoms with E-state index in [0.717, 1.165) is 11.7 Å². The zero-order valence-electron chi connectivity index (χ0n) is 16.7. The van der Waals surface area contributed by atoms with E-state index in [1.54, 1.807) is 0 Å². The quantitative estimate of drug-likeness (QED) is 0.361. The van der Waals surface area contributed by atoms with Gasteiger partial charge in [0, 0.05) is 17.1 Å². The number of hydrogen-bond donors (Lipinski definition) is 0. The molecule has 0 spiro atoms. The number of carbonyl (C=O) groups is 1. The topological polar surface area (TPSA) is 48.3 Å². The van der Waals surface area contributed by atoms with Crippen molar-refractivity contribution in [1.82, 2.24) is 4.57 Å². The van der Waals surface area contributed by atoms with E-state index in [2.05, 4.69) is 0 Å². The Morgan fingerprint density at radius 3 is 2.09 bits per heavy atom. The SMILES string of the molecule is CCn1c(-c2ccc(Cl)c(Cl)c2)c(C(=O)OC)c(=O)c(-c2ccc(Cl)cc2)c1C(F)(F)F. The zero-order valence-corrected chi connectivity index (χ0v) is 19.0. The van der Waals surface area contributed by atoms with Gasteiger partial charge in [-0.1, -0.05) is 53.0 Å². The van der Waals surface area contributed by atoms with Gasteiger partial charge in [0.25, 0.3) is 0 Å². The summed E-state index contributed by atoms with van der Waals surface area (Å²) >= 11 is 17.9. The number of rotatable bonds is 4. The van der Waals surface area contributed by atoms with Crippen LogP contribution < -0.4 is 5.43 Å². The fourth-order valence-electron chi connectivity index (χ4n) is 3.45. The Bertz CT molecular complexity index is 1250. The summed E-state index contributed by atoms with van der Waals surface area (Å²) in [5.74, 6) is -1.08. The van der Waals surface area contributed by atoms with Gasteiger partial charge in [-0.05, 0) is 36.8 Å². The summed E-state index contributed by atoms with van der Waals surface area (Å²) in [5.41, 5.74) is -3.77. The van der Waals surface area contributed by atoms with Crippen molar-refractivity contribution in [2.24, 2.45) is 0 Å². The molecule has 168 valence electrons. The first kappa shape index (κ1) is 24.2. The zero-order chi connectivity index (χ0) is 23.8. The number of hydrogen-bond acceptors (Lipinski definition) is 3. The maximum atomic E-state index is 14.3. The maximum absolute atomic E-state index is 14.3. The molecule has 0 N–H and O–H groups in total.